The van der Waals surface area contributed by atoms with Crippen molar-refractivity contribution in [3.05, 3.63) is 63.2 Å². The predicted octanol–water partition coefficient (Wildman–Crippen LogP) is 3.43. The molecule has 0 radical (unpaired) electrons. The van der Waals surface area contributed by atoms with Crippen molar-refractivity contribution in [1.29, 1.82) is 0 Å². The maximum atomic E-state index is 13.0. The summed E-state index contributed by atoms with van der Waals surface area (Å²) in [6, 6.07) is 10.3. The van der Waals surface area contributed by atoms with E-state index in [1.807, 2.05) is 29.2 Å². The summed E-state index contributed by atoms with van der Waals surface area (Å²) < 4.78 is 10.8. The highest BCUT2D eigenvalue weighted by atomic mass is 16.7. The number of nitro groups is 1. The molecule has 0 saturated carbocycles. The standard InChI is InChI=1S/C26H31N5O7/c1-16-13-18(14-22(23(16)27)31(35)36)20(15-32)24(37-2)38-26(34)29-10-8-19(9-11-29)30-12-7-17-5-3-4-6-21(17)28-25(30)33/h3-6,13-15,19-20,24H,7-12,27H2,1-2H3,(H,28,33)/t20-,24?/m1/s1. The number of nitro benzene ring substituents is 1. The molecule has 38 heavy (non-hydrogen) atoms. The molecule has 0 bridgehead atoms. The Balaban J connectivity index is 1.38. The van der Waals surface area contributed by atoms with E-state index in [1.54, 1.807) is 6.92 Å². The van der Waals surface area contributed by atoms with Gasteiger partial charge in [0.15, 0.2) is 0 Å². The van der Waals surface area contributed by atoms with Crippen molar-refractivity contribution in [3.63, 3.8) is 0 Å². The molecule has 2 atom stereocenters. The van der Waals surface area contributed by atoms with Gasteiger partial charge in [-0.15, -0.1) is 0 Å². The molecule has 1 fully saturated rings. The molecule has 3 N–H and O–H groups in total. The Morgan fingerprint density at radius 3 is 2.61 bits per heavy atom. The van der Waals surface area contributed by atoms with Crippen molar-refractivity contribution in [1.82, 2.24) is 9.80 Å². The normalized spacial score (nSPS) is 17.6. The first-order valence-corrected chi connectivity index (χ1v) is 12.4. The van der Waals surface area contributed by atoms with Crippen LogP contribution in [-0.4, -0.2) is 72.2 Å². The number of nitrogen functional groups attached to an aromatic ring is 1. The van der Waals surface area contributed by atoms with E-state index in [-0.39, 0.29) is 29.0 Å². The largest absolute Gasteiger partial charge is 0.418 e. The molecule has 202 valence electrons. The third-order valence-corrected chi connectivity index (χ3v) is 7.16. The number of carbonyl (C=O) groups is 3. The summed E-state index contributed by atoms with van der Waals surface area (Å²) in [5.74, 6) is -1.10. The Labute approximate surface area is 219 Å². The molecule has 1 saturated heterocycles. The van der Waals surface area contributed by atoms with Crippen molar-refractivity contribution >= 4 is 35.5 Å². The summed E-state index contributed by atoms with van der Waals surface area (Å²) in [4.78, 5) is 51.8. The second-order valence-electron chi connectivity index (χ2n) is 9.43. The van der Waals surface area contributed by atoms with Crippen LogP contribution in [0, 0.1) is 17.0 Å². The number of nitrogens with two attached hydrogens (primary N) is 1. The lowest BCUT2D eigenvalue weighted by Crippen LogP contribution is -2.50. The van der Waals surface area contributed by atoms with Gasteiger partial charge >= 0.3 is 12.1 Å². The van der Waals surface area contributed by atoms with Gasteiger partial charge in [0.25, 0.3) is 5.69 Å². The zero-order chi connectivity index (χ0) is 27.4. The van der Waals surface area contributed by atoms with Gasteiger partial charge in [-0.25, -0.2) is 9.59 Å². The molecule has 12 nitrogen and oxygen atoms in total. The number of para-hydroxylation sites is 1. The van der Waals surface area contributed by atoms with Gasteiger partial charge in [-0.2, -0.15) is 0 Å². The summed E-state index contributed by atoms with van der Waals surface area (Å²) in [5, 5.41) is 14.4. The first kappa shape index (κ1) is 26.9. The quantitative estimate of drug-likeness (QED) is 0.183. The van der Waals surface area contributed by atoms with Crippen LogP contribution >= 0.6 is 0 Å². The fourth-order valence-corrected chi connectivity index (χ4v) is 4.99. The van der Waals surface area contributed by atoms with Crippen LogP contribution in [0.3, 0.4) is 0 Å². The number of urea groups is 1. The number of rotatable bonds is 7. The third-order valence-electron chi connectivity index (χ3n) is 7.16. The molecule has 0 aromatic heterocycles. The molecule has 1 unspecified atom stereocenters. The molecule has 2 heterocycles. The van der Waals surface area contributed by atoms with Crippen molar-refractivity contribution in [2.75, 3.05) is 37.8 Å². The molecular formula is C26H31N5O7. The molecule has 2 aromatic carbocycles. The summed E-state index contributed by atoms with van der Waals surface area (Å²) in [5.41, 5.74) is 8.04. The average Bonchev–Trinajstić information content (AvgIpc) is 3.08. The van der Waals surface area contributed by atoms with E-state index in [0.29, 0.717) is 44.3 Å². The number of hydrogen-bond donors (Lipinski definition) is 2. The number of nitrogens with zero attached hydrogens (tertiary/aromatic N) is 3. The smallest absolute Gasteiger partial charge is 0.412 e. The lowest BCUT2D eigenvalue weighted by Gasteiger charge is -2.38. The number of aldehydes is 1. The van der Waals surface area contributed by atoms with Crippen LogP contribution in [0.1, 0.15) is 35.4 Å². The van der Waals surface area contributed by atoms with Gasteiger partial charge in [-0.3, -0.25) is 10.1 Å². The number of aryl methyl sites for hydroxylation is 1. The van der Waals surface area contributed by atoms with Crippen molar-refractivity contribution in [2.45, 2.75) is 44.4 Å². The number of ether oxygens (including phenoxy) is 2. The Morgan fingerprint density at radius 1 is 1.24 bits per heavy atom. The van der Waals surface area contributed by atoms with Gasteiger partial charge < -0.3 is 35.1 Å². The Kier molecular flexibility index (Phi) is 8.10. The number of carbonyl (C=O) groups excluding carboxylic acids is 3. The maximum absolute atomic E-state index is 13.0. The molecule has 2 aliphatic heterocycles. The first-order chi connectivity index (χ1) is 18.2. The Morgan fingerprint density at radius 2 is 1.95 bits per heavy atom. The van der Waals surface area contributed by atoms with Gasteiger partial charge in [0.2, 0.25) is 6.29 Å². The number of likely N-dealkylation sites (tertiary alicyclic amines) is 1. The second-order valence-corrected chi connectivity index (χ2v) is 9.43. The van der Waals surface area contributed by atoms with Crippen molar-refractivity contribution < 1.29 is 28.8 Å². The van der Waals surface area contributed by atoms with E-state index >= 15 is 0 Å². The highest BCUT2D eigenvalue weighted by Crippen LogP contribution is 2.32. The number of hydrogen-bond acceptors (Lipinski definition) is 8. The fraction of sp³-hybridized carbons (Fsp3) is 0.423. The van der Waals surface area contributed by atoms with E-state index in [1.165, 1.54) is 24.1 Å². The maximum Gasteiger partial charge on any atom is 0.412 e. The number of nitrogens with one attached hydrogen (secondary N) is 1. The van der Waals surface area contributed by atoms with Gasteiger partial charge in [0.1, 0.15) is 17.9 Å². The molecule has 0 spiro atoms. The fourth-order valence-electron chi connectivity index (χ4n) is 4.99. The number of fused-ring (bicyclic) bond motifs is 1. The molecular weight excluding hydrogens is 494 g/mol. The van der Waals surface area contributed by atoms with Crippen molar-refractivity contribution in [2.24, 2.45) is 0 Å². The predicted molar refractivity (Wildman–Crippen MR) is 139 cm³/mol. The lowest BCUT2D eigenvalue weighted by atomic mass is 9.96. The zero-order valence-electron chi connectivity index (χ0n) is 21.3. The van der Waals surface area contributed by atoms with Gasteiger partial charge in [-0.1, -0.05) is 24.3 Å². The van der Waals surface area contributed by atoms with Crippen LogP contribution in [-0.2, 0) is 20.7 Å². The van der Waals surface area contributed by atoms with Crippen LogP contribution < -0.4 is 11.1 Å². The lowest BCUT2D eigenvalue weighted by molar-refractivity contribution is -0.384. The van der Waals surface area contributed by atoms with Crippen LogP contribution in [0.15, 0.2) is 36.4 Å². The number of methoxy groups -OCH3 is 1. The Bertz CT molecular complexity index is 1230. The van der Waals surface area contributed by atoms with Crippen LogP contribution in [0.5, 0.6) is 0 Å². The molecule has 12 heteroatoms. The van der Waals surface area contributed by atoms with Crippen molar-refractivity contribution in [3.8, 4) is 0 Å². The van der Waals surface area contributed by atoms with E-state index in [2.05, 4.69) is 5.32 Å². The van der Waals surface area contributed by atoms with Crippen LogP contribution in [0.4, 0.5) is 26.7 Å². The SMILES string of the molecule is COC(OC(=O)N1CCC(N2CCc3ccccc3NC2=O)CC1)[C@H](C=O)c1cc(C)c(N)c([N+](=O)[O-])c1. The number of piperidine rings is 1. The minimum Gasteiger partial charge on any atom is -0.418 e. The second kappa shape index (κ2) is 11.5. The van der Waals surface area contributed by atoms with Crippen LogP contribution in [0.2, 0.25) is 0 Å². The number of amides is 3. The molecule has 3 amide bonds. The summed E-state index contributed by atoms with van der Waals surface area (Å²) in [6.07, 6.45) is 0.432. The highest BCUT2D eigenvalue weighted by Gasteiger charge is 2.34. The average molecular weight is 526 g/mol. The summed E-state index contributed by atoms with van der Waals surface area (Å²) >= 11 is 0. The number of benzene rings is 2. The van der Waals surface area contributed by atoms with Crippen LogP contribution in [0.25, 0.3) is 0 Å². The van der Waals surface area contributed by atoms with E-state index in [9.17, 15) is 24.5 Å². The monoisotopic (exact) mass is 525 g/mol. The highest BCUT2D eigenvalue weighted by molar-refractivity contribution is 5.91. The minimum absolute atomic E-state index is 0.000739. The van der Waals surface area contributed by atoms with E-state index < -0.39 is 23.2 Å². The van der Waals surface area contributed by atoms with Gasteiger partial charge in [0.05, 0.1) is 4.92 Å². The topological polar surface area (TPSA) is 157 Å². The molecule has 0 aliphatic carbocycles. The zero-order valence-corrected chi connectivity index (χ0v) is 21.3. The molecule has 2 aromatic rings. The van der Waals surface area contributed by atoms with E-state index in [0.717, 1.165) is 17.7 Å². The van der Waals surface area contributed by atoms with Gasteiger partial charge in [0, 0.05) is 44.5 Å². The molecule has 4 rings (SSSR count). The summed E-state index contributed by atoms with van der Waals surface area (Å²) in [7, 11) is 1.29. The van der Waals surface area contributed by atoms with E-state index in [4.69, 9.17) is 15.2 Å². The summed E-state index contributed by atoms with van der Waals surface area (Å²) in [6.45, 7) is 2.89. The molecule has 2 aliphatic rings. The number of anilines is 2. The first-order valence-electron chi connectivity index (χ1n) is 12.4. The van der Waals surface area contributed by atoms with Gasteiger partial charge in [-0.05, 0) is 48.9 Å². The Hall–Kier alpha value is -4.19. The minimum atomic E-state index is -1.30. The third kappa shape index (κ3) is 5.54.